The average molecular weight is 189 g/mol. The van der Waals surface area contributed by atoms with Gasteiger partial charge in [0.2, 0.25) is 5.95 Å². The molecule has 72 valence electrons. The van der Waals surface area contributed by atoms with Crippen LogP contribution in [0.3, 0.4) is 0 Å². The maximum atomic E-state index is 8.62. The van der Waals surface area contributed by atoms with Crippen molar-refractivity contribution in [3.8, 4) is 6.07 Å². The van der Waals surface area contributed by atoms with Crippen molar-refractivity contribution in [2.24, 2.45) is 5.92 Å². The largest absolute Gasteiger partial charge is 0.354 e. The van der Waals surface area contributed by atoms with E-state index >= 15 is 0 Å². The lowest BCUT2D eigenvalue weighted by Gasteiger charge is -2.26. The number of aromatic nitrogens is 2. The molecule has 1 fully saturated rings. The van der Waals surface area contributed by atoms with Crippen LogP contribution in [0.1, 0.15) is 5.69 Å². The van der Waals surface area contributed by atoms with Crippen molar-refractivity contribution in [2.75, 3.05) is 25.0 Å². The van der Waals surface area contributed by atoms with Gasteiger partial charge < -0.3 is 10.6 Å². The summed E-state index contributed by atoms with van der Waals surface area (Å²) in [4.78, 5) is 8.04. The Bertz CT molecular complexity index is 352. The molecule has 5 heteroatoms. The smallest absolute Gasteiger partial charge is 0.223 e. The second-order valence-electron chi connectivity index (χ2n) is 3.28. The summed E-state index contributed by atoms with van der Waals surface area (Å²) in [6.45, 7) is 2.96. The number of anilines is 1. The van der Waals surface area contributed by atoms with E-state index in [9.17, 15) is 0 Å². The fourth-order valence-corrected chi connectivity index (χ4v) is 1.23. The van der Waals surface area contributed by atoms with Gasteiger partial charge in [-0.05, 0) is 6.07 Å². The topological polar surface area (TPSA) is 73.6 Å². The number of nitrogens with one attached hydrogen (secondary N) is 2. The zero-order valence-corrected chi connectivity index (χ0v) is 7.70. The minimum atomic E-state index is 0.397. The lowest BCUT2D eigenvalue weighted by molar-refractivity contribution is 0.365. The molecule has 2 rings (SSSR count). The van der Waals surface area contributed by atoms with Gasteiger partial charge >= 0.3 is 0 Å². The quantitative estimate of drug-likeness (QED) is 0.699. The lowest BCUT2D eigenvalue weighted by atomic mass is 10.0. The summed E-state index contributed by atoms with van der Waals surface area (Å²) < 4.78 is 0. The second-order valence-corrected chi connectivity index (χ2v) is 3.28. The molecule has 0 atom stereocenters. The molecule has 14 heavy (non-hydrogen) atoms. The Labute approximate surface area is 82.2 Å². The van der Waals surface area contributed by atoms with Crippen molar-refractivity contribution in [3.63, 3.8) is 0 Å². The van der Waals surface area contributed by atoms with Gasteiger partial charge in [0.25, 0.3) is 0 Å². The van der Waals surface area contributed by atoms with Crippen LogP contribution in [0, 0.1) is 17.2 Å². The standard InChI is InChI=1S/C9H11N5/c10-3-8-1-2-12-9(14-8)13-6-7-4-11-5-7/h1-2,7,11H,4-6H2,(H,12,13,14). The Morgan fingerprint density at radius 2 is 2.50 bits per heavy atom. The van der Waals surface area contributed by atoms with Crippen molar-refractivity contribution in [1.29, 1.82) is 5.26 Å². The van der Waals surface area contributed by atoms with Crippen LogP contribution >= 0.6 is 0 Å². The summed E-state index contributed by atoms with van der Waals surface area (Å²) >= 11 is 0. The van der Waals surface area contributed by atoms with Gasteiger partial charge in [-0.15, -0.1) is 0 Å². The average Bonchev–Trinajstić information content (AvgIpc) is 2.16. The second kappa shape index (κ2) is 4.03. The van der Waals surface area contributed by atoms with E-state index in [1.165, 1.54) is 0 Å². The molecule has 0 aromatic carbocycles. The van der Waals surface area contributed by atoms with Crippen LogP contribution < -0.4 is 10.6 Å². The Morgan fingerprint density at radius 3 is 3.14 bits per heavy atom. The van der Waals surface area contributed by atoms with E-state index in [0.29, 0.717) is 17.6 Å². The van der Waals surface area contributed by atoms with E-state index in [1.54, 1.807) is 12.3 Å². The third-order valence-electron chi connectivity index (χ3n) is 2.19. The van der Waals surface area contributed by atoms with Gasteiger partial charge in [0.05, 0.1) is 0 Å². The summed E-state index contributed by atoms with van der Waals surface area (Å²) in [5.41, 5.74) is 0.397. The number of nitrogens with zero attached hydrogens (tertiary/aromatic N) is 3. The zero-order chi connectivity index (χ0) is 9.80. The number of rotatable bonds is 3. The van der Waals surface area contributed by atoms with Gasteiger partial charge in [0.1, 0.15) is 11.8 Å². The van der Waals surface area contributed by atoms with Crippen LogP contribution in [-0.2, 0) is 0 Å². The highest BCUT2D eigenvalue weighted by Gasteiger charge is 2.16. The van der Waals surface area contributed by atoms with Gasteiger partial charge in [-0.3, -0.25) is 0 Å². The van der Waals surface area contributed by atoms with Crippen LogP contribution in [0.15, 0.2) is 12.3 Å². The SMILES string of the molecule is N#Cc1ccnc(NCC2CNC2)n1. The third kappa shape index (κ3) is 1.98. The summed E-state index contributed by atoms with van der Waals surface area (Å²) in [6, 6.07) is 3.57. The van der Waals surface area contributed by atoms with E-state index in [1.807, 2.05) is 6.07 Å². The highest BCUT2D eigenvalue weighted by atomic mass is 15.1. The van der Waals surface area contributed by atoms with Gasteiger partial charge in [-0.25, -0.2) is 9.97 Å². The number of hydrogen-bond acceptors (Lipinski definition) is 5. The summed E-state index contributed by atoms with van der Waals surface area (Å²) in [7, 11) is 0. The molecule has 0 unspecified atom stereocenters. The first-order chi connectivity index (χ1) is 6.88. The Balaban J connectivity index is 1.91. The first-order valence-electron chi connectivity index (χ1n) is 4.56. The summed E-state index contributed by atoms with van der Waals surface area (Å²) in [5.74, 6) is 1.19. The zero-order valence-electron chi connectivity index (χ0n) is 7.70. The van der Waals surface area contributed by atoms with Gasteiger partial charge in [0, 0.05) is 31.7 Å². The molecular weight excluding hydrogens is 178 g/mol. The molecule has 0 bridgehead atoms. The molecular formula is C9H11N5. The molecule has 0 saturated carbocycles. The maximum Gasteiger partial charge on any atom is 0.223 e. The minimum Gasteiger partial charge on any atom is -0.354 e. The number of nitriles is 1. The van der Waals surface area contributed by atoms with Crippen molar-refractivity contribution >= 4 is 5.95 Å². The molecule has 2 N–H and O–H groups in total. The molecule has 1 aliphatic rings. The summed E-state index contributed by atoms with van der Waals surface area (Å²) in [5, 5.41) is 14.9. The molecule has 1 saturated heterocycles. The molecule has 0 aliphatic carbocycles. The Hall–Kier alpha value is -1.67. The number of hydrogen-bond donors (Lipinski definition) is 2. The predicted molar refractivity (Wildman–Crippen MR) is 51.6 cm³/mol. The minimum absolute atomic E-state index is 0.397. The van der Waals surface area contributed by atoms with Crippen molar-refractivity contribution in [1.82, 2.24) is 15.3 Å². The van der Waals surface area contributed by atoms with E-state index in [2.05, 4.69) is 20.6 Å². The van der Waals surface area contributed by atoms with Gasteiger partial charge in [0.15, 0.2) is 0 Å². The Morgan fingerprint density at radius 1 is 1.64 bits per heavy atom. The first-order valence-corrected chi connectivity index (χ1v) is 4.56. The van der Waals surface area contributed by atoms with Crippen LogP contribution in [-0.4, -0.2) is 29.6 Å². The third-order valence-corrected chi connectivity index (χ3v) is 2.19. The fourth-order valence-electron chi connectivity index (χ4n) is 1.23. The molecule has 0 radical (unpaired) electrons. The normalized spacial score (nSPS) is 15.6. The van der Waals surface area contributed by atoms with Crippen LogP contribution in [0.4, 0.5) is 5.95 Å². The van der Waals surface area contributed by atoms with Gasteiger partial charge in [-0.2, -0.15) is 5.26 Å². The van der Waals surface area contributed by atoms with E-state index in [0.717, 1.165) is 19.6 Å². The molecule has 0 spiro atoms. The highest BCUT2D eigenvalue weighted by Crippen LogP contribution is 2.04. The van der Waals surface area contributed by atoms with Gasteiger partial charge in [-0.1, -0.05) is 0 Å². The van der Waals surface area contributed by atoms with Crippen molar-refractivity contribution in [2.45, 2.75) is 0 Å². The highest BCUT2D eigenvalue weighted by molar-refractivity contribution is 5.30. The molecule has 1 aliphatic heterocycles. The lowest BCUT2D eigenvalue weighted by Crippen LogP contribution is -2.45. The Kier molecular flexibility index (Phi) is 2.56. The van der Waals surface area contributed by atoms with E-state index in [4.69, 9.17) is 5.26 Å². The van der Waals surface area contributed by atoms with E-state index < -0.39 is 0 Å². The van der Waals surface area contributed by atoms with Crippen LogP contribution in [0.5, 0.6) is 0 Å². The predicted octanol–water partition coefficient (Wildman–Crippen LogP) is -0.0204. The monoisotopic (exact) mass is 189 g/mol. The maximum absolute atomic E-state index is 8.62. The molecule has 1 aromatic rings. The van der Waals surface area contributed by atoms with Crippen LogP contribution in [0.25, 0.3) is 0 Å². The molecule has 1 aromatic heterocycles. The first kappa shape index (κ1) is 8.91. The molecule has 0 amide bonds. The fraction of sp³-hybridized carbons (Fsp3) is 0.444. The molecule has 2 heterocycles. The van der Waals surface area contributed by atoms with Crippen molar-refractivity contribution in [3.05, 3.63) is 18.0 Å². The summed E-state index contributed by atoms with van der Waals surface area (Å²) in [6.07, 6.45) is 1.59. The van der Waals surface area contributed by atoms with Crippen molar-refractivity contribution < 1.29 is 0 Å². The van der Waals surface area contributed by atoms with E-state index in [-0.39, 0.29) is 0 Å². The molecule has 5 nitrogen and oxygen atoms in total. The van der Waals surface area contributed by atoms with Crippen LogP contribution in [0.2, 0.25) is 0 Å².